The molecular weight excluding hydrogens is 226 g/mol. The Morgan fingerprint density at radius 1 is 1.33 bits per heavy atom. The minimum Gasteiger partial charge on any atom is -0.496 e. The van der Waals surface area contributed by atoms with E-state index in [9.17, 15) is 0 Å². The Labute approximate surface area is 109 Å². The Morgan fingerprint density at radius 2 is 2.06 bits per heavy atom. The average molecular weight is 249 g/mol. The molecule has 0 unspecified atom stereocenters. The molecule has 0 radical (unpaired) electrons. The van der Waals surface area contributed by atoms with Crippen LogP contribution in [0.15, 0.2) is 29.3 Å². The molecule has 0 heterocycles. The number of aliphatic imine (C=N–C) groups is 1. The van der Waals surface area contributed by atoms with Gasteiger partial charge in [-0.2, -0.15) is 0 Å². The molecule has 0 aromatic heterocycles. The Balaban J connectivity index is 2.80. The van der Waals surface area contributed by atoms with Crippen molar-refractivity contribution in [3.05, 3.63) is 29.8 Å². The summed E-state index contributed by atoms with van der Waals surface area (Å²) >= 11 is 0. The Hall–Kier alpha value is -1.71. The number of hydrogen-bond acceptors (Lipinski definition) is 2. The second-order valence-electron chi connectivity index (χ2n) is 3.96. The molecule has 1 rings (SSSR count). The van der Waals surface area contributed by atoms with Gasteiger partial charge in [0.15, 0.2) is 5.96 Å². The van der Waals surface area contributed by atoms with Crippen molar-refractivity contribution in [3.63, 3.8) is 0 Å². The predicted octanol–water partition coefficient (Wildman–Crippen LogP) is 2.33. The first-order valence-electron chi connectivity index (χ1n) is 6.40. The predicted molar refractivity (Wildman–Crippen MR) is 76.2 cm³/mol. The SMILES string of the molecule is CCN=C(NCC)N[C@H](C)c1ccccc1OC. The molecule has 0 bridgehead atoms. The molecule has 1 aromatic rings. The van der Waals surface area contributed by atoms with Crippen molar-refractivity contribution in [1.29, 1.82) is 0 Å². The second kappa shape index (κ2) is 7.58. The van der Waals surface area contributed by atoms with Gasteiger partial charge in [0.05, 0.1) is 13.2 Å². The Morgan fingerprint density at radius 3 is 2.67 bits per heavy atom. The van der Waals surface area contributed by atoms with Crippen molar-refractivity contribution in [2.45, 2.75) is 26.8 Å². The third-order valence-electron chi connectivity index (χ3n) is 2.62. The fraction of sp³-hybridized carbons (Fsp3) is 0.500. The van der Waals surface area contributed by atoms with Crippen LogP contribution in [0.3, 0.4) is 0 Å². The lowest BCUT2D eigenvalue weighted by Crippen LogP contribution is -2.38. The maximum atomic E-state index is 5.37. The van der Waals surface area contributed by atoms with E-state index in [0.717, 1.165) is 30.4 Å². The van der Waals surface area contributed by atoms with Gasteiger partial charge in [-0.25, -0.2) is 0 Å². The summed E-state index contributed by atoms with van der Waals surface area (Å²) in [6.45, 7) is 7.78. The highest BCUT2D eigenvalue weighted by Gasteiger charge is 2.11. The lowest BCUT2D eigenvalue weighted by atomic mass is 10.1. The number of methoxy groups -OCH3 is 1. The van der Waals surface area contributed by atoms with Gasteiger partial charge in [0.1, 0.15) is 5.75 Å². The van der Waals surface area contributed by atoms with Crippen LogP contribution < -0.4 is 15.4 Å². The zero-order chi connectivity index (χ0) is 13.4. The highest BCUT2D eigenvalue weighted by Crippen LogP contribution is 2.23. The normalized spacial score (nSPS) is 13.0. The Kier molecular flexibility index (Phi) is 6.05. The van der Waals surface area contributed by atoms with Crippen LogP contribution in [0.25, 0.3) is 0 Å². The summed E-state index contributed by atoms with van der Waals surface area (Å²) in [5.74, 6) is 1.73. The van der Waals surface area contributed by atoms with Crippen molar-refractivity contribution < 1.29 is 4.74 Å². The van der Waals surface area contributed by atoms with Crippen LogP contribution in [0.1, 0.15) is 32.4 Å². The highest BCUT2D eigenvalue weighted by atomic mass is 16.5. The fourth-order valence-corrected chi connectivity index (χ4v) is 1.79. The van der Waals surface area contributed by atoms with E-state index in [2.05, 4.69) is 35.5 Å². The zero-order valence-electron chi connectivity index (χ0n) is 11.7. The zero-order valence-corrected chi connectivity index (χ0v) is 11.7. The summed E-state index contributed by atoms with van der Waals surface area (Å²) in [4.78, 5) is 4.39. The van der Waals surface area contributed by atoms with Gasteiger partial charge >= 0.3 is 0 Å². The number of ether oxygens (including phenoxy) is 1. The van der Waals surface area contributed by atoms with Gasteiger partial charge in [0.2, 0.25) is 0 Å². The van der Waals surface area contributed by atoms with Crippen LogP contribution in [-0.4, -0.2) is 26.2 Å². The molecule has 0 fully saturated rings. The molecule has 0 saturated heterocycles. The lowest BCUT2D eigenvalue weighted by molar-refractivity contribution is 0.405. The summed E-state index contributed by atoms with van der Waals surface area (Å²) < 4.78 is 5.37. The van der Waals surface area contributed by atoms with E-state index >= 15 is 0 Å². The minimum absolute atomic E-state index is 0.144. The molecule has 0 aliphatic heterocycles. The van der Waals surface area contributed by atoms with Crippen molar-refractivity contribution >= 4 is 5.96 Å². The van der Waals surface area contributed by atoms with Crippen LogP contribution >= 0.6 is 0 Å². The van der Waals surface area contributed by atoms with Crippen molar-refractivity contribution in [2.75, 3.05) is 20.2 Å². The van der Waals surface area contributed by atoms with Crippen molar-refractivity contribution in [3.8, 4) is 5.75 Å². The summed E-state index contributed by atoms with van der Waals surface area (Å²) in [6, 6.07) is 8.16. The number of hydrogen-bond donors (Lipinski definition) is 2. The number of nitrogens with zero attached hydrogens (tertiary/aromatic N) is 1. The molecule has 4 nitrogen and oxygen atoms in total. The van der Waals surface area contributed by atoms with Crippen LogP contribution in [0.5, 0.6) is 5.75 Å². The van der Waals surface area contributed by atoms with Gasteiger partial charge in [0, 0.05) is 18.7 Å². The molecule has 0 aliphatic carbocycles. The minimum atomic E-state index is 0.144. The number of para-hydroxylation sites is 1. The Bertz CT molecular complexity index is 390. The summed E-state index contributed by atoms with van der Waals surface area (Å²) in [7, 11) is 1.69. The monoisotopic (exact) mass is 249 g/mol. The molecule has 0 saturated carbocycles. The van der Waals surface area contributed by atoms with E-state index in [1.807, 2.05) is 25.1 Å². The largest absolute Gasteiger partial charge is 0.496 e. The van der Waals surface area contributed by atoms with E-state index in [0.29, 0.717) is 0 Å². The summed E-state index contributed by atoms with van der Waals surface area (Å²) in [5.41, 5.74) is 1.13. The van der Waals surface area contributed by atoms with Crippen molar-refractivity contribution in [2.24, 2.45) is 4.99 Å². The van der Waals surface area contributed by atoms with Crippen LogP contribution in [0.4, 0.5) is 0 Å². The molecule has 0 spiro atoms. The number of nitrogens with one attached hydrogen (secondary N) is 2. The molecular formula is C14H23N3O. The maximum absolute atomic E-state index is 5.37. The number of guanidine groups is 1. The molecule has 100 valence electrons. The van der Waals surface area contributed by atoms with Gasteiger partial charge < -0.3 is 15.4 Å². The molecule has 1 atom stereocenters. The topological polar surface area (TPSA) is 45.7 Å². The van der Waals surface area contributed by atoms with Crippen molar-refractivity contribution in [1.82, 2.24) is 10.6 Å². The molecule has 18 heavy (non-hydrogen) atoms. The van der Waals surface area contributed by atoms with E-state index in [-0.39, 0.29) is 6.04 Å². The first kappa shape index (κ1) is 14.4. The maximum Gasteiger partial charge on any atom is 0.191 e. The van der Waals surface area contributed by atoms with Gasteiger partial charge in [-0.1, -0.05) is 18.2 Å². The third-order valence-corrected chi connectivity index (χ3v) is 2.62. The lowest BCUT2D eigenvalue weighted by Gasteiger charge is -2.19. The van der Waals surface area contributed by atoms with Crippen LogP contribution in [0.2, 0.25) is 0 Å². The van der Waals surface area contributed by atoms with E-state index < -0.39 is 0 Å². The molecule has 0 amide bonds. The smallest absolute Gasteiger partial charge is 0.191 e. The second-order valence-corrected chi connectivity index (χ2v) is 3.96. The number of benzene rings is 1. The highest BCUT2D eigenvalue weighted by molar-refractivity contribution is 5.80. The fourth-order valence-electron chi connectivity index (χ4n) is 1.79. The van der Waals surface area contributed by atoms with E-state index in [1.165, 1.54) is 0 Å². The first-order chi connectivity index (χ1) is 8.72. The molecule has 0 aliphatic rings. The van der Waals surface area contributed by atoms with Crippen LogP contribution in [0, 0.1) is 0 Å². The molecule has 1 aromatic carbocycles. The summed E-state index contributed by atoms with van der Waals surface area (Å²) in [5, 5.41) is 6.59. The molecule has 4 heteroatoms. The van der Waals surface area contributed by atoms with E-state index in [1.54, 1.807) is 7.11 Å². The average Bonchev–Trinajstić information content (AvgIpc) is 2.39. The van der Waals surface area contributed by atoms with Gasteiger partial charge in [-0.05, 0) is 26.8 Å². The third kappa shape index (κ3) is 3.95. The van der Waals surface area contributed by atoms with Gasteiger partial charge in [0.25, 0.3) is 0 Å². The molecule has 2 N–H and O–H groups in total. The van der Waals surface area contributed by atoms with Crippen LogP contribution in [-0.2, 0) is 0 Å². The first-order valence-corrected chi connectivity index (χ1v) is 6.40. The quantitative estimate of drug-likeness (QED) is 0.622. The van der Waals surface area contributed by atoms with Gasteiger partial charge in [-0.3, -0.25) is 4.99 Å². The van der Waals surface area contributed by atoms with E-state index in [4.69, 9.17) is 4.74 Å². The van der Waals surface area contributed by atoms with Gasteiger partial charge in [-0.15, -0.1) is 0 Å². The standard InChI is InChI=1S/C14H23N3O/c1-5-15-14(16-6-2)17-11(3)12-9-7-8-10-13(12)18-4/h7-11H,5-6H2,1-4H3,(H2,15,16,17)/t11-/m1/s1. The number of rotatable bonds is 5. The summed E-state index contributed by atoms with van der Waals surface area (Å²) in [6.07, 6.45) is 0.